The van der Waals surface area contributed by atoms with Gasteiger partial charge in [0.1, 0.15) is 5.75 Å². The fourth-order valence-electron chi connectivity index (χ4n) is 2.26. The molecule has 2 nitrogen and oxygen atoms in total. The number of nitrogens with one attached hydrogen (secondary N) is 1. The van der Waals surface area contributed by atoms with Crippen LogP contribution in [0.15, 0.2) is 46.9 Å². The van der Waals surface area contributed by atoms with Gasteiger partial charge in [0.25, 0.3) is 0 Å². The second kappa shape index (κ2) is 7.83. The predicted molar refractivity (Wildman–Crippen MR) is 92.2 cm³/mol. The van der Waals surface area contributed by atoms with Crippen LogP contribution in [-0.4, -0.2) is 13.2 Å². The van der Waals surface area contributed by atoms with Gasteiger partial charge in [-0.05, 0) is 49.2 Å². The summed E-state index contributed by atoms with van der Waals surface area (Å²) in [5, 5.41) is 4.31. The van der Waals surface area contributed by atoms with E-state index in [2.05, 4.69) is 40.3 Å². The monoisotopic (exact) mass is 367 g/mol. The number of methoxy groups -OCH3 is 1. The summed E-state index contributed by atoms with van der Waals surface area (Å²) in [5.41, 5.74) is 2.38. The Bertz CT molecular complexity index is 603. The van der Waals surface area contributed by atoms with Gasteiger partial charge < -0.3 is 10.1 Å². The van der Waals surface area contributed by atoms with Crippen molar-refractivity contribution < 1.29 is 4.74 Å². The van der Waals surface area contributed by atoms with Crippen molar-refractivity contribution >= 4 is 27.5 Å². The standard InChI is InChI=1S/C17H19BrClNO/c1-12(8-13-4-3-5-16(19)9-13)20-11-14-10-15(18)6-7-17(14)21-2/h3-7,9-10,12,20H,8,11H2,1-2H3. The lowest BCUT2D eigenvalue weighted by molar-refractivity contribution is 0.405. The van der Waals surface area contributed by atoms with E-state index in [9.17, 15) is 0 Å². The summed E-state index contributed by atoms with van der Waals surface area (Å²) in [5.74, 6) is 0.903. The first-order valence-electron chi connectivity index (χ1n) is 6.88. The minimum Gasteiger partial charge on any atom is -0.496 e. The van der Waals surface area contributed by atoms with Crippen LogP contribution >= 0.6 is 27.5 Å². The Morgan fingerprint density at radius 1 is 1.24 bits per heavy atom. The van der Waals surface area contributed by atoms with Crippen molar-refractivity contribution in [3.63, 3.8) is 0 Å². The Hall–Kier alpha value is -1.03. The maximum absolute atomic E-state index is 6.02. The molecule has 0 radical (unpaired) electrons. The first-order valence-corrected chi connectivity index (χ1v) is 8.06. The SMILES string of the molecule is COc1ccc(Br)cc1CNC(C)Cc1cccc(Cl)c1. The van der Waals surface area contributed by atoms with Gasteiger partial charge in [0.05, 0.1) is 7.11 Å². The van der Waals surface area contributed by atoms with Crippen LogP contribution in [0, 0.1) is 0 Å². The van der Waals surface area contributed by atoms with Crippen LogP contribution in [0.4, 0.5) is 0 Å². The van der Waals surface area contributed by atoms with Crippen LogP contribution in [-0.2, 0) is 13.0 Å². The molecule has 2 aromatic carbocycles. The molecule has 21 heavy (non-hydrogen) atoms. The zero-order valence-corrected chi connectivity index (χ0v) is 14.5. The van der Waals surface area contributed by atoms with Gasteiger partial charge in [0, 0.05) is 27.6 Å². The highest BCUT2D eigenvalue weighted by molar-refractivity contribution is 9.10. The van der Waals surface area contributed by atoms with Crippen LogP contribution in [0.3, 0.4) is 0 Å². The summed E-state index contributed by atoms with van der Waals surface area (Å²) in [6, 6.07) is 14.4. The molecule has 0 aromatic heterocycles. The molecule has 0 aliphatic heterocycles. The van der Waals surface area contributed by atoms with Gasteiger partial charge in [-0.15, -0.1) is 0 Å². The summed E-state index contributed by atoms with van der Waals surface area (Å²) in [6.45, 7) is 2.94. The van der Waals surface area contributed by atoms with Crippen molar-refractivity contribution in [2.24, 2.45) is 0 Å². The highest BCUT2D eigenvalue weighted by Crippen LogP contribution is 2.23. The van der Waals surface area contributed by atoms with Gasteiger partial charge in [-0.3, -0.25) is 0 Å². The second-order valence-corrected chi connectivity index (χ2v) is 6.42. The Morgan fingerprint density at radius 3 is 2.76 bits per heavy atom. The molecule has 0 bridgehead atoms. The van der Waals surface area contributed by atoms with Crippen molar-refractivity contribution in [1.29, 1.82) is 0 Å². The van der Waals surface area contributed by atoms with E-state index in [0.717, 1.165) is 33.8 Å². The van der Waals surface area contributed by atoms with E-state index in [1.54, 1.807) is 7.11 Å². The maximum Gasteiger partial charge on any atom is 0.123 e. The van der Waals surface area contributed by atoms with Crippen LogP contribution in [0.2, 0.25) is 5.02 Å². The Balaban J connectivity index is 1.95. The van der Waals surface area contributed by atoms with Crippen LogP contribution in [0.5, 0.6) is 5.75 Å². The first-order chi connectivity index (χ1) is 10.1. The Kier molecular flexibility index (Phi) is 6.09. The fourth-order valence-corrected chi connectivity index (χ4v) is 2.88. The van der Waals surface area contributed by atoms with E-state index in [4.69, 9.17) is 16.3 Å². The van der Waals surface area contributed by atoms with Gasteiger partial charge in [0.2, 0.25) is 0 Å². The van der Waals surface area contributed by atoms with Gasteiger partial charge in [-0.1, -0.05) is 39.7 Å². The van der Waals surface area contributed by atoms with E-state index in [0.29, 0.717) is 6.04 Å². The average Bonchev–Trinajstić information content (AvgIpc) is 2.45. The third-order valence-corrected chi connectivity index (χ3v) is 4.04. The number of hydrogen-bond donors (Lipinski definition) is 1. The Labute approximate surface area is 139 Å². The molecule has 0 saturated heterocycles. The average molecular weight is 369 g/mol. The van der Waals surface area contributed by atoms with E-state index in [1.807, 2.05) is 30.3 Å². The number of rotatable bonds is 6. The molecule has 0 heterocycles. The van der Waals surface area contributed by atoms with E-state index in [1.165, 1.54) is 5.56 Å². The summed E-state index contributed by atoms with van der Waals surface area (Å²) < 4.78 is 6.45. The van der Waals surface area contributed by atoms with Crippen LogP contribution in [0.1, 0.15) is 18.1 Å². The number of hydrogen-bond acceptors (Lipinski definition) is 2. The Morgan fingerprint density at radius 2 is 2.05 bits per heavy atom. The van der Waals surface area contributed by atoms with E-state index < -0.39 is 0 Å². The quantitative estimate of drug-likeness (QED) is 0.788. The van der Waals surface area contributed by atoms with Crippen molar-refractivity contribution in [2.45, 2.75) is 25.9 Å². The lowest BCUT2D eigenvalue weighted by Crippen LogP contribution is -2.27. The molecule has 0 amide bonds. The summed E-state index contributed by atoms with van der Waals surface area (Å²) in [6.07, 6.45) is 0.941. The molecule has 112 valence electrons. The third kappa shape index (κ3) is 5.03. The molecule has 4 heteroatoms. The van der Waals surface area contributed by atoms with E-state index in [-0.39, 0.29) is 0 Å². The molecular weight excluding hydrogens is 350 g/mol. The molecule has 1 atom stereocenters. The highest BCUT2D eigenvalue weighted by Gasteiger charge is 2.07. The van der Waals surface area contributed by atoms with Gasteiger partial charge in [0.15, 0.2) is 0 Å². The van der Waals surface area contributed by atoms with Crippen molar-refractivity contribution in [3.05, 3.63) is 63.1 Å². The fraction of sp³-hybridized carbons (Fsp3) is 0.294. The van der Waals surface area contributed by atoms with Crippen LogP contribution in [0.25, 0.3) is 0 Å². The number of ether oxygens (including phenoxy) is 1. The highest BCUT2D eigenvalue weighted by atomic mass is 79.9. The lowest BCUT2D eigenvalue weighted by atomic mass is 10.1. The van der Waals surface area contributed by atoms with Gasteiger partial charge >= 0.3 is 0 Å². The lowest BCUT2D eigenvalue weighted by Gasteiger charge is -2.16. The van der Waals surface area contributed by atoms with Gasteiger partial charge in [-0.2, -0.15) is 0 Å². The molecular formula is C17H19BrClNO. The molecule has 1 unspecified atom stereocenters. The van der Waals surface area contributed by atoms with Crippen molar-refractivity contribution in [1.82, 2.24) is 5.32 Å². The van der Waals surface area contributed by atoms with Crippen LogP contribution < -0.4 is 10.1 Å². The predicted octanol–water partition coefficient (Wildman–Crippen LogP) is 4.83. The normalized spacial score (nSPS) is 12.2. The molecule has 2 aromatic rings. The number of benzene rings is 2. The molecule has 0 spiro atoms. The minimum atomic E-state index is 0.354. The molecule has 0 aliphatic rings. The minimum absolute atomic E-state index is 0.354. The smallest absolute Gasteiger partial charge is 0.123 e. The largest absolute Gasteiger partial charge is 0.496 e. The molecule has 0 saturated carbocycles. The zero-order valence-electron chi connectivity index (χ0n) is 12.2. The summed E-state index contributed by atoms with van der Waals surface area (Å²) in [4.78, 5) is 0. The summed E-state index contributed by atoms with van der Waals surface area (Å²) >= 11 is 9.51. The van der Waals surface area contributed by atoms with E-state index >= 15 is 0 Å². The zero-order chi connectivity index (χ0) is 15.2. The van der Waals surface area contributed by atoms with Gasteiger partial charge in [-0.25, -0.2) is 0 Å². The first kappa shape index (κ1) is 16.3. The molecule has 2 rings (SSSR count). The molecule has 0 aliphatic carbocycles. The molecule has 0 fully saturated rings. The maximum atomic E-state index is 6.02. The third-order valence-electron chi connectivity index (χ3n) is 3.31. The van der Waals surface area contributed by atoms with Crippen molar-refractivity contribution in [2.75, 3.05) is 7.11 Å². The topological polar surface area (TPSA) is 21.3 Å². The summed E-state index contributed by atoms with van der Waals surface area (Å²) in [7, 11) is 1.70. The molecule has 1 N–H and O–H groups in total. The second-order valence-electron chi connectivity index (χ2n) is 5.07. The number of halogens is 2. The van der Waals surface area contributed by atoms with Crippen molar-refractivity contribution in [3.8, 4) is 5.75 Å².